The van der Waals surface area contributed by atoms with Gasteiger partial charge in [-0.3, -0.25) is 14.7 Å². The first-order chi connectivity index (χ1) is 15.0. The fourth-order valence-electron chi connectivity index (χ4n) is 4.52. The van der Waals surface area contributed by atoms with Gasteiger partial charge in [0.1, 0.15) is 0 Å². The summed E-state index contributed by atoms with van der Waals surface area (Å²) in [7, 11) is 3.70. The van der Waals surface area contributed by atoms with Crippen molar-refractivity contribution in [3.63, 3.8) is 0 Å². The molecule has 0 radical (unpaired) electrons. The van der Waals surface area contributed by atoms with Gasteiger partial charge in [0.25, 0.3) is 0 Å². The summed E-state index contributed by atoms with van der Waals surface area (Å²) in [5, 5.41) is 7.01. The van der Waals surface area contributed by atoms with Crippen molar-refractivity contribution in [1.29, 1.82) is 0 Å². The maximum absolute atomic E-state index is 12.4. The quantitative estimate of drug-likeness (QED) is 0.377. The van der Waals surface area contributed by atoms with Crippen LogP contribution in [-0.2, 0) is 4.79 Å². The van der Waals surface area contributed by atoms with Crippen LogP contribution in [0, 0.1) is 6.92 Å². The molecule has 0 aromatic heterocycles. The molecule has 2 unspecified atom stereocenters. The lowest BCUT2D eigenvalue weighted by molar-refractivity contribution is -0.133. The van der Waals surface area contributed by atoms with E-state index in [1.54, 1.807) is 4.90 Å². The minimum Gasteiger partial charge on any atom is -0.369 e. The molecule has 1 aromatic carbocycles. The number of carbonyl (C=O) groups excluding carboxylic acids is 1. The highest BCUT2D eigenvalue weighted by atomic mass is 16.2. The van der Waals surface area contributed by atoms with Crippen LogP contribution in [0.25, 0.3) is 0 Å². The third-order valence-corrected chi connectivity index (χ3v) is 6.24. The lowest BCUT2D eigenvalue weighted by Gasteiger charge is -2.25. The topological polar surface area (TPSA) is 63.2 Å². The van der Waals surface area contributed by atoms with Gasteiger partial charge in [-0.05, 0) is 58.2 Å². The SMILES string of the molecule is CCNC(=NCCCN1CCCC1C(=O)N(C)C)NC1CCN(c2ccc(C)cc2)C1. The number of nitrogens with zero attached hydrogens (tertiary/aromatic N) is 4. The molecule has 2 atom stereocenters. The van der Waals surface area contributed by atoms with E-state index in [4.69, 9.17) is 4.99 Å². The first kappa shape index (κ1) is 23.4. The fourth-order valence-corrected chi connectivity index (χ4v) is 4.52. The third kappa shape index (κ3) is 6.60. The van der Waals surface area contributed by atoms with Crippen LogP contribution in [0.4, 0.5) is 5.69 Å². The number of guanidine groups is 1. The van der Waals surface area contributed by atoms with Gasteiger partial charge in [0.2, 0.25) is 5.91 Å². The van der Waals surface area contributed by atoms with Crippen LogP contribution >= 0.6 is 0 Å². The van der Waals surface area contributed by atoms with Gasteiger partial charge in [-0.25, -0.2) is 0 Å². The zero-order valence-corrected chi connectivity index (χ0v) is 19.7. The lowest BCUT2D eigenvalue weighted by atomic mass is 10.2. The lowest BCUT2D eigenvalue weighted by Crippen LogP contribution is -2.45. The van der Waals surface area contributed by atoms with Gasteiger partial charge >= 0.3 is 0 Å². The summed E-state index contributed by atoms with van der Waals surface area (Å²) >= 11 is 0. The fraction of sp³-hybridized carbons (Fsp3) is 0.667. The van der Waals surface area contributed by atoms with Crippen molar-refractivity contribution < 1.29 is 4.79 Å². The molecule has 0 aliphatic carbocycles. The number of likely N-dealkylation sites (tertiary alicyclic amines) is 1. The van der Waals surface area contributed by atoms with Gasteiger partial charge in [0.05, 0.1) is 6.04 Å². The Morgan fingerprint density at radius 3 is 2.68 bits per heavy atom. The molecule has 0 spiro atoms. The number of nitrogens with one attached hydrogen (secondary N) is 2. The van der Waals surface area contributed by atoms with Crippen molar-refractivity contribution in [2.75, 3.05) is 58.3 Å². The Hall–Kier alpha value is -2.28. The third-order valence-electron chi connectivity index (χ3n) is 6.24. The molecular weight excluding hydrogens is 388 g/mol. The number of rotatable bonds is 8. The molecule has 7 nitrogen and oxygen atoms in total. The van der Waals surface area contributed by atoms with Crippen LogP contribution < -0.4 is 15.5 Å². The second-order valence-corrected chi connectivity index (χ2v) is 8.95. The predicted molar refractivity (Wildman–Crippen MR) is 129 cm³/mol. The van der Waals surface area contributed by atoms with Gasteiger partial charge in [-0.15, -0.1) is 0 Å². The number of aryl methyl sites for hydroxylation is 1. The van der Waals surface area contributed by atoms with Crippen molar-refractivity contribution in [3.05, 3.63) is 29.8 Å². The highest BCUT2D eigenvalue weighted by molar-refractivity contribution is 5.81. The number of hydrogen-bond acceptors (Lipinski definition) is 4. The first-order valence-electron chi connectivity index (χ1n) is 11.8. The Kier molecular flexibility index (Phi) is 8.58. The smallest absolute Gasteiger partial charge is 0.239 e. The molecule has 2 fully saturated rings. The van der Waals surface area contributed by atoms with E-state index >= 15 is 0 Å². The standard InChI is InChI=1S/C24H40N6O/c1-5-25-24(26-14-7-16-29-15-6-8-22(29)23(31)28(3)4)27-20-13-17-30(18-20)21-11-9-19(2)10-12-21/h9-12,20,22H,5-8,13-18H2,1-4H3,(H2,25,26,27). The summed E-state index contributed by atoms with van der Waals surface area (Å²) in [4.78, 5) is 23.6. The summed E-state index contributed by atoms with van der Waals surface area (Å²) in [6.07, 6.45) is 4.16. The van der Waals surface area contributed by atoms with Crippen molar-refractivity contribution in [2.45, 2.75) is 51.6 Å². The Bertz CT molecular complexity index is 732. The average Bonchev–Trinajstić information content (AvgIpc) is 3.41. The number of amides is 1. The number of hydrogen-bond donors (Lipinski definition) is 2. The van der Waals surface area contributed by atoms with Gasteiger partial charge in [0, 0.05) is 58.5 Å². The molecule has 0 bridgehead atoms. The van der Waals surface area contributed by atoms with Crippen LogP contribution in [0.3, 0.4) is 0 Å². The molecule has 2 heterocycles. The van der Waals surface area contributed by atoms with E-state index < -0.39 is 0 Å². The van der Waals surface area contributed by atoms with Crippen molar-refractivity contribution >= 4 is 17.6 Å². The zero-order chi connectivity index (χ0) is 22.2. The van der Waals surface area contributed by atoms with Gasteiger partial charge < -0.3 is 20.4 Å². The van der Waals surface area contributed by atoms with Crippen LogP contribution in [0.5, 0.6) is 0 Å². The Balaban J connectivity index is 1.46. The number of likely N-dealkylation sites (N-methyl/N-ethyl adjacent to an activating group) is 1. The first-order valence-corrected chi connectivity index (χ1v) is 11.8. The van der Waals surface area contributed by atoms with Crippen molar-refractivity contribution in [1.82, 2.24) is 20.4 Å². The maximum Gasteiger partial charge on any atom is 0.239 e. The molecule has 2 aliphatic heterocycles. The molecule has 1 aromatic rings. The van der Waals surface area contributed by atoms with E-state index in [1.807, 2.05) is 14.1 Å². The summed E-state index contributed by atoms with van der Waals surface area (Å²) in [5.41, 5.74) is 2.59. The van der Waals surface area contributed by atoms with E-state index in [0.717, 1.165) is 70.9 Å². The zero-order valence-electron chi connectivity index (χ0n) is 19.7. The molecule has 2 saturated heterocycles. The molecule has 2 N–H and O–H groups in total. The number of anilines is 1. The molecule has 1 amide bonds. The second kappa shape index (κ2) is 11.4. The average molecular weight is 429 g/mol. The molecule has 7 heteroatoms. The largest absolute Gasteiger partial charge is 0.369 e. The van der Waals surface area contributed by atoms with E-state index in [2.05, 4.69) is 58.5 Å². The van der Waals surface area contributed by atoms with Crippen molar-refractivity contribution in [2.24, 2.45) is 4.99 Å². The molecule has 31 heavy (non-hydrogen) atoms. The van der Waals surface area contributed by atoms with Gasteiger partial charge in [0.15, 0.2) is 5.96 Å². The summed E-state index contributed by atoms with van der Waals surface area (Å²) in [6, 6.07) is 9.24. The van der Waals surface area contributed by atoms with Gasteiger partial charge in [-0.1, -0.05) is 17.7 Å². The normalized spacial score (nSPS) is 22.1. The summed E-state index contributed by atoms with van der Waals surface area (Å²) in [6.45, 7) is 9.86. The Morgan fingerprint density at radius 1 is 1.19 bits per heavy atom. The summed E-state index contributed by atoms with van der Waals surface area (Å²) in [5.74, 6) is 1.14. The van der Waals surface area contributed by atoms with Gasteiger partial charge in [-0.2, -0.15) is 0 Å². The van der Waals surface area contributed by atoms with Crippen LogP contribution in [0.2, 0.25) is 0 Å². The number of aliphatic imine (C=N–C) groups is 1. The molecular formula is C24H40N6O. The van der Waals surface area contributed by atoms with E-state index in [0.29, 0.717) is 6.04 Å². The van der Waals surface area contributed by atoms with Crippen LogP contribution in [-0.4, -0.2) is 87.1 Å². The van der Waals surface area contributed by atoms with E-state index in [9.17, 15) is 4.79 Å². The van der Waals surface area contributed by atoms with E-state index in [1.165, 1.54) is 11.3 Å². The molecule has 3 rings (SSSR count). The predicted octanol–water partition coefficient (Wildman–Crippen LogP) is 2.07. The maximum atomic E-state index is 12.4. The molecule has 172 valence electrons. The highest BCUT2D eigenvalue weighted by Crippen LogP contribution is 2.21. The minimum atomic E-state index is 0.0524. The second-order valence-electron chi connectivity index (χ2n) is 8.95. The Labute approximate surface area is 187 Å². The molecule has 2 aliphatic rings. The van der Waals surface area contributed by atoms with Crippen LogP contribution in [0.15, 0.2) is 29.3 Å². The van der Waals surface area contributed by atoms with Crippen LogP contribution in [0.1, 0.15) is 38.2 Å². The number of carbonyl (C=O) groups is 1. The minimum absolute atomic E-state index is 0.0524. The molecule has 0 saturated carbocycles. The van der Waals surface area contributed by atoms with E-state index in [-0.39, 0.29) is 11.9 Å². The highest BCUT2D eigenvalue weighted by Gasteiger charge is 2.31. The van der Waals surface area contributed by atoms with Crippen molar-refractivity contribution in [3.8, 4) is 0 Å². The number of benzene rings is 1. The monoisotopic (exact) mass is 428 g/mol. The summed E-state index contributed by atoms with van der Waals surface area (Å²) < 4.78 is 0. The Morgan fingerprint density at radius 2 is 1.97 bits per heavy atom.